The molecule has 308 valence electrons. The summed E-state index contributed by atoms with van der Waals surface area (Å²) in [6.07, 6.45) is 3.46. The molecule has 3 aromatic carbocycles. The summed E-state index contributed by atoms with van der Waals surface area (Å²) >= 11 is 6.27. The third-order valence-corrected chi connectivity index (χ3v) is 13.8. The number of rotatable bonds is 11. The maximum atomic E-state index is 13.6. The van der Waals surface area contributed by atoms with E-state index in [0.29, 0.717) is 46.5 Å². The van der Waals surface area contributed by atoms with Gasteiger partial charge in [-0.15, -0.1) is 0 Å². The lowest BCUT2D eigenvalue weighted by molar-refractivity contribution is -0.196. The molecule has 4 fully saturated rings. The molecule has 1 unspecified atom stereocenters. The van der Waals surface area contributed by atoms with Crippen LogP contribution in [-0.4, -0.2) is 85.3 Å². The summed E-state index contributed by atoms with van der Waals surface area (Å²) in [5, 5.41) is 2.61. The molecule has 3 saturated heterocycles. The third-order valence-electron chi connectivity index (χ3n) is 13.5. The molecule has 1 saturated carbocycles. The molecule has 4 heterocycles. The molecule has 12 nitrogen and oxygen atoms in total. The monoisotopic (exact) mass is 819 g/mol. The molecule has 4 aliphatic heterocycles. The number of ketones is 1. The maximum Gasteiger partial charge on any atom is 0.262 e. The summed E-state index contributed by atoms with van der Waals surface area (Å²) in [6.45, 7) is 19.8. The zero-order valence-electron chi connectivity index (χ0n) is 34.0. The summed E-state index contributed by atoms with van der Waals surface area (Å²) in [5.74, 6) is -0.724. The van der Waals surface area contributed by atoms with Gasteiger partial charge in [0.1, 0.15) is 17.9 Å². The Balaban J connectivity index is 0.787. The zero-order chi connectivity index (χ0) is 41.8. The molecule has 5 aliphatic rings. The predicted molar refractivity (Wildman–Crippen MR) is 223 cm³/mol. The minimum Gasteiger partial charge on any atom is -0.489 e. The average molecular weight is 820 g/mol. The van der Waals surface area contributed by atoms with Crippen LogP contribution in [0.3, 0.4) is 0 Å². The lowest BCUT2D eigenvalue weighted by Gasteiger charge is -2.63. The number of carbonyl (C=O) groups is 5. The highest BCUT2D eigenvalue weighted by Crippen LogP contribution is 2.62. The first kappa shape index (κ1) is 40.5. The van der Waals surface area contributed by atoms with Gasteiger partial charge in [0, 0.05) is 73.4 Å². The van der Waals surface area contributed by atoms with Crippen molar-refractivity contribution in [3.05, 3.63) is 93.8 Å². The van der Waals surface area contributed by atoms with Crippen molar-refractivity contribution in [3.63, 3.8) is 0 Å². The van der Waals surface area contributed by atoms with Crippen LogP contribution in [0.15, 0.2) is 60.7 Å². The van der Waals surface area contributed by atoms with Gasteiger partial charge in [-0.3, -0.25) is 34.2 Å². The van der Waals surface area contributed by atoms with Crippen LogP contribution >= 0.6 is 11.6 Å². The molecule has 0 aromatic heterocycles. The molecule has 0 spiro atoms. The van der Waals surface area contributed by atoms with Crippen molar-refractivity contribution in [2.24, 2.45) is 22.7 Å². The van der Waals surface area contributed by atoms with E-state index in [1.54, 1.807) is 30.3 Å². The van der Waals surface area contributed by atoms with Gasteiger partial charge in [0.05, 0.1) is 28.8 Å². The average Bonchev–Trinajstić information content (AvgIpc) is 3.80. The van der Waals surface area contributed by atoms with Crippen LogP contribution in [0.4, 0.5) is 17.1 Å². The zero-order valence-corrected chi connectivity index (χ0v) is 34.7. The predicted octanol–water partition coefficient (Wildman–Crippen LogP) is 7.51. The van der Waals surface area contributed by atoms with Crippen LogP contribution in [-0.2, 0) is 14.3 Å². The molecular weight excluding hydrogens is 770 g/mol. The van der Waals surface area contributed by atoms with Gasteiger partial charge in [-0.25, -0.2) is 4.85 Å². The summed E-state index contributed by atoms with van der Waals surface area (Å²) in [5.41, 5.74) is 3.14. The van der Waals surface area contributed by atoms with Crippen molar-refractivity contribution in [2.75, 3.05) is 42.6 Å². The fourth-order valence-electron chi connectivity index (χ4n) is 10.4. The number of carbonyl (C=O) groups excluding carboxylic acids is 5. The number of hydrogen-bond donors (Lipinski definition) is 1. The van der Waals surface area contributed by atoms with E-state index in [2.05, 4.69) is 47.7 Å². The molecule has 8 rings (SSSR count). The van der Waals surface area contributed by atoms with Crippen LogP contribution < -0.4 is 19.9 Å². The third kappa shape index (κ3) is 7.59. The summed E-state index contributed by atoms with van der Waals surface area (Å²) in [7, 11) is 0. The van der Waals surface area contributed by atoms with Crippen molar-refractivity contribution in [1.82, 2.24) is 10.2 Å². The highest BCUT2D eigenvalue weighted by Gasteiger charge is 2.63. The SMILES string of the molecule is [C-]#[N+]c1ccc(OC2C(C)(C)C(CC(=O)c3ccc(N4CC[C@H](OCC5CCN(c6ccc7c(c6)C(=O)N(C6CCC(=O)NC6=O)C7=O)CC5)C4)cc3)C2(C)C)cc1Cl. The number of Topliss-reactive ketones (excluding diaryl/α,β-unsaturated/α-hetero) is 1. The van der Waals surface area contributed by atoms with Crippen molar-refractivity contribution in [2.45, 2.75) is 84.5 Å². The number of piperidine rings is 2. The summed E-state index contributed by atoms with van der Waals surface area (Å²) in [6, 6.07) is 17.4. The lowest BCUT2D eigenvalue weighted by atomic mass is 9.44. The lowest BCUT2D eigenvalue weighted by Crippen LogP contribution is -2.66. The van der Waals surface area contributed by atoms with E-state index in [1.165, 1.54) is 0 Å². The summed E-state index contributed by atoms with van der Waals surface area (Å²) in [4.78, 5) is 73.1. The van der Waals surface area contributed by atoms with Crippen molar-refractivity contribution < 1.29 is 33.4 Å². The Labute approximate surface area is 350 Å². The Morgan fingerprint density at radius 2 is 1.53 bits per heavy atom. The number of amides is 4. The number of anilines is 2. The van der Waals surface area contributed by atoms with E-state index in [1.807, 2.05) is 30.3 Å². The Morgan fingerprint density at radius 3 is 2.20 bits per heavy atom. The van der Waals surface area contributed by atoms with Gasteiger partial charge in [0.2, 0.25) is 17.5 Å². The number of imide groups is 2. The quantitative estimate of drug-likeness (QED) is 0.119. The van der Waals surface area contributed by atoms with E-state index in [0.717, 1.165) is 61.7 Å². The van der Waals surface area contributed by atoms with Crippen LogP contribution in [0.2, 0.25) is 5.02 Å². The number of fused-ring (bicyclic) bond motifs is 1. The van der Waals surface area contributed by atoms with E-state index < -0.39 is 29.7 Å². The molecule has 0 radical (unpaired) electrons. The number of benzene rings is 3. The van der Waals surface area contributed by atoms with Crippen LogP contribution in [0.1, 0.15) is 97.3 Å². The van der Waals surface area contributed by atoms with Gasteiger partial charge in [0.25, 0.3) is 11.8 Å². The Bertz CT molecular complexity index is 2230. The first-order valence-corrected chi connectivity index (χ1v) is 21.0. The van der Waals surface area contributed by atoms with Crippen LogP contribution in [0.5, 0.6) is 5.75 Å². The minimum atomic E-state index is -0.979. The standard InChI is InChI=1S/C46H50ClN5O7/c1-45(2)39(46(3,4)44(45)59-31-11-13-36(48-5)35(47)23-31)24-38(53)28-6-8-29(9-7-28)51-21-18-32(25-51)58-26-27-16-19-50(20-17-27)30-10-12-33-34(22-30)43(57)52(42(33)56)37-14-15-40(54)49-41(37)55/h6-13,22-23,27,32,37,39,44H,14-21,24-26H2,1-4H3,(H,49,54,55)/t32-,37?,39?,44?/m0/s1. The Hall–Kier alpha value is -5.25. The van der Waals surface area contributed by atoms with Gasteiger partial charge < -0.3 is 19.3 Å². The second kappa shape index (κ2) is 15.7. The first-order valence-electron chi connectivity index (χ1n) is 20.6. The van der Waals surface area contributed by atoms with Gasteiger partial charge in [-0.2, -0.15) is 0 Å². The maximum absolute atomic E-state index is 13.6. The number of nitrogens with one attached hydrogen (secondary N) is 1. The second-order valence-corrected chi connectivity index (χ2v) is 18.3. The smallest absolute Gasteiger partial charge is 0.262 e. The fraction of sp³-hybridized carbons (Fsp3) is 0.478. The topological polar surface area (TPSA) is 130 Å². The van der Waals surface area contributed by atoms with Crippen molar-refractivity contribution >= 4 is 58.1 Å². The van der Waals surface area contributed by atoms with E-state index in [4.69, 9.17) is 27.6 Å². The first-order chi connectivity index (χ1) is 28.1. The molecule has 1 N–H and O–H groups in total. The molecule has 0 bridgehead atoms. The molecule has 2 atom stereocenters. The van der Waals surface area contributed by atoms with Crippen LogP contribution in [0.25, 0.3) is 4.85 Å². The summed E-state index contributed by atoms with van der Waals surface area (Å²) < 4.78 is 12.9. The van der Waals surface area contributed by atoms with Gasteiger partial charge >= 0.3 is 0 Å². The fourth-order valence-corrected chi connectivity index (χ4v) is 10.6. The molecular formula is C46H50ClN5O7. The van der Waals surface area contributed by atoms with Crippen molar-refractivity contribution in [3.8, 4) is 5.75 Å². The number of hydrogen-bond acceptors (Lipinski definition) is 9. The molecule has 1 aliphatic carbocycles. The number of ether oxygens (including phenoxy) is 2. The van der Waals surface area contributed by atoms with Gasteiger partial charge in [-0.05, 0) is 92.1 Å². The second-order valence-electron chi connectivity index (χ2n) is 17.9. The number of nitrogens with zero attached hydrogens (tertiary/aromatic N) is 4. The van der Waals surface area contributed by atoms with E-state index in [-0.39, 0.29) is 53.1 Å². The van der Waals surface area contributed by atoms with Crippen LogP contribution in [0, 0.1) is 29.2 Å². The van der Waals surface area contributed by atoms with Crippen molar-refractivity contribution in [1.29, 1.82) is 0 Å². The largest absolute Gasteiger partial charge is 0.489 e. The minimum absolute atomic E-state index is 0.0868. The van der Waals surface area contributed by atoms with E-state index >= 15 is 0 Å². The molecule has 3 aromatic rings. The normalized spacial score (nSPS) is 25.1. The Kier molecular flexibility index (Phi) is 10.8. The molecule has 59 heavy (non-hydrogen) atoms. The van der Waals surface area contributed by atoms with E-state index in [9.17, 15) is 24.0 Å². The molecule has 13 heteroatoms. The number of halogens is 1. The highest BCUT2D eigenvalue weighted by atomic mass is 35.5. The Morgan fingerprint density at radius 1 is 0.847 bits per heavy atom. The molecule has 4 amide bonds. The van der Waals surface area contributed by atoms with Gasteiger partial charge in [0.15, 0.2) is 5.78 Å². The van der Waals surface area contributed by atoms with Gasteiger partial charge in [-0.1, -0.05) is 45.4 Å². The highest BCUT2D eigenvalue weighted by molar-refractivity contribution is 6.33.